The van der Waals surface area contributed by atoms with Crippen LogP contribution < -0.4 is 5.73 Å². The van der Waals surface area contributed by atoms with Crippen molar-refractivity contribution < 1.29 is 13.9 Å². The normalized spacial score (nSPS) is 17.1. The molecule has 2 aromatic heterocycles. The standard InChI is InChI=1S/C21H19BrFN5O2/c1-27-10-25-19-17(24)12(8-14(22)20(19)27)21(29)11-5-6-15(23)18-13(11)9-28(26-18)16-4-2-3-7-30-16/h5-6,8-10,16H,2-4,7,24H2,1H3. The number of fused-ring (bicyclic) bond motifs is 2. The Morgan fingerprint density at radius 3 is 2.90 bits per heavy atom. The summed E-state index contributed by atoms with van der Waals surface area (Å²) in [5.74, 6) is -0.791. The molecule has 2 aromatic carbocycles. The molecular weight excluding hydrogens is 453 g/mol. The number of aryl methyl sites for hydroxylation is 1. The number of rotatable bonds is 3. The van der Waals surface area contributed by atoms with Gasteiger partial charge in [-0.05, 0) is 53.4 Å². The summed E-state index contributed by atoms with van der Waals surface area (Å²) in [6.45, 7) is 0.643. The first-order valence-electron chi connectivity index (χ1n) is 9.68. The van der Waals surface area contributed by atoms with Crippen LogP contribution in [0.25, 0.3) is 21.9 Å². The SMILES string of the molecule is Cn1cnc2c(N)c(C(=O)c3ccc(F)c4nn(C5CCCCO5)cc34)cc(Br)c21. The number of hydrogen-bond acceptors (Lipinski definition) is 5. The number of halogens is 2. The zero-order chi connectivity index (χ0) is 21.0. The van der Waals surface area contributed by atoms with E-state index in [-0.39, 0.29) is 17.5 Å². The van der Waals surface area contributed by atoms with E-state index in [0.717, 1.165) is 24.8 Å². The number of anilines is 1. The molecule has 1 saturated heterocycles. The molecule has 1 unspecified atom stereocenters. The second-order valence-electron chi connectivity index (χ2n) is 7.49. The highest BCUT2D eigenvalue weighted by Gasteiger charge is 2.24. The van der Waals surface area contributed by atoms with Crippen molar-refractivity contribution in [2.45, 2.75) is 25.5 Å². The molecule has 0 amide bonds. The molecule has 30 heavy (non-hydrogen) atoms. The number of nitrogens with two attached hydrogens (primary N) is 1. The van der Waals surface area contributed by atoms with Gasteiger partial charge in [0, 0.05) is 40.8 Å². The van der Waals surface area contributed by atoms with E-state index in [0.29, 0.717) is 38.8 Å². The van der Waals surface area contributed by atoms with E-state index in [9.17, 15) is 9.18 Å². The van der Waals surface area contributed by atoms with Gasteiger partial charge in [-0.25, -0.2) is 14.1 Å². The number of carbonyl (C=O) groups excluding carboxylic acids is 1. The maximum Gasteiger partial charge on any atom is 0.195 e. The molecule has 0 saturated carbocycles. The first kappa shape index (κ1) is 19.2. The maximum absolute atomic E-state index is 14.5. The molecule has 154 valence electrons. The fourth-order valence-electron chi connectivity index (χ4n) is 4.01. The Morgan fingerprint density at radius 2 is 2.13 bits per heavy atom. The third-order valence-electron chi connectivity index (χ3n) is 5.56. The number of hydrogen-bond donors (Lipinski definition) is 1. The Morgan fingerprint density at radius 1 is 1.30 bits per heavy atom. The first-order valence-corrected chi connectivity index (χ1v) is 10.5. The lowest BCUT2D eigenvalue weighted by molar-refractivity contribution is -0.0391. The Hall–Kier alpha value is -2.78. The Balaban J connectivity index is 1.65. The highest BCUT2D eigenvalue weighted by atomic mass is 79.9. The van der Waals surface area contributed by atoms with Crippen molar-refractivity contribution in [3.63, 3.8) is 0 Å². The second kappa shape index (κ2) is 7.17. The van der Waals surface area contributed by atoms with E-state index in [4.69, 9.17) is 10.5 Å². The monoisotopic (exact) mass is 471 g/mol. The van der Waals surface area contributed by atoms with Crippen molar-refractivity contribution in [1.29, 1.82) is 0 Å². The van der Waals surface area contributed by atoms with Gasteiger partial charge in [-0.1, -0.05) is 0 Å². The topological polar surface area (TPSA) is 88.0 Å². The third-order valence-corrected chi connectivity index (χ3v) is 6.17. The van der Waals surface area contributed by atoms with E-state index in [2.05, 4.69) is 26.0 Å². The number of imidazole rings is 1. The first-order chi connectivity index (χ1) is 14.5. The van der Waals surface area contributed by atoms with Gasteiger partial charge in [0.05, 0.1) is 17.5 Å². The van der Waals surface area contributed by atoms with Gasteiger partial charge in [0.15, 0.2) is 11.6 Å². The van der Waals surface area contributed by atoms with Crippen LogP contribution in [0.4, 0.5) is 10.1 Å². The molecular formula is C21H19BrFN5O2. The molecule has 9 heteroatoms. The van der Waals surface area contributed by atoms with E-state index in [1.807, 2.05) is 11.6 Å². The van der Waals surface area contributed by atoms with Gasteiger partial charge in [-0.3, -0.25) is 4.79 Å². The van der Waals surface area contributed by atoms with Gasteiger partial charge in [0.2, 0.25) is 0 Å². The fraction of sp³-hybridized carbons (Fsp3) is 0.286. The highest BCUT2D eigenvalue weighted by molar-refractivity contribution is 9.10. The summed E-state index contributed by atoms with van der Waals surface area (Å²) in [5, 5.41) is 4.81. The van der Waals surface area contributed by atoms with Crippen LogP contribution in [0, 0.1) is 5.82 Å². The van der Waals surface area contributed by atoms with Crippen LogP contribution in [0.2, 0.25) is 0 Å². The van der Waals surface area contributed by atoms with Crippen molar-refractivity contribution in [3.05, 3.63) is 52.1 Å². The van der Waals surface area contributed by atoms with Crippen LogP contribution in [-0.4, -0.2) is 31.7 Å². The summed E-state index contributed by atoms with van der Waals surface area (Å²) in [4.78, 5) is 17.8. The molecule has 5 rings (SSSR count). The average molecular weight is 472 g/mol. The molecule has 1 aliphatic rings. The van der Waals surface area contributed by atoms with Crippen molar-refractivity contribution in [2.24, 2.45) is 7.05 Å². The Bertz CT molecular complexity index is 1310. The van der Waals surface area contributed by atoms with Crippen molar-refractivity contribution in [2.75, 3.05) is 12.3 Å². The van der Waals surface area contributed by atoms with E-state index >= 15 is 0 Å². The number of ketones is 1. The molecule has 1 atom stereocenters. The van der Waals surface area contributed by atoms with Gasteiger partial charge in [0.1, 0.15) is 17.3 Å². The summed E-state index contributed by atoms with van der Waals surface area (Å²) in [5.41, 5.74) is 8.73. The van der Waals surface area contributed by atoms with Crippen molar-refractivity contribution in [3.8, 4) is 0 Å². The number of nitrogen functional groups attached to an aromatic ring is 1. The van der Waals surface area contributed by atoms with E-state index in [1.54, 1.807) is 23.3 Å². The number of ether oxygens (including phenoxy) is 1. The number of nitrogens with zero attached hydrogens (tertiary/aromatic N) is 4. The number of benzene rings is 2. The van der Waals surface area contributed by atoms with Crippen LogP contribution in [-0.2, 0) is 11.8 Å². The van der Waals surface area contributed by atoms with E-state index < -0.39 is 5.82 Å². The minimum atomic E-state index is -0.481. The van der Waals surface area contributed by atoms with Crippen LogP contribution in [0.5, 0.6) is 0 Å². The molecule has 4 aromatic rings. The number of aromatic nitrogens is 4. The van der Waals surface area contributed by atoms with Crippen molar-refractivity contribution >= 4 is 49.3 Å². The fourth-order valence-corrected chi connectivity index (χ4v) is 4.71. The van der Waals surface area contributed by atoms with Gasteiger partial charge in [-0.15, -0.1) is 0 Å². The summed E-state index contributed by atoms with van der Waals surface area (Å²) >= 11 is 3.51. The van der Waals surface area contributed by atoms with Gasteiger partial charge >= 0.3 is 0 Å². The molecule has 7 nitrogen and oxygen atoms in total. The second-order valence-corrected chi connectivity index (χ2v) is 8.34. The largest absolute Gasteiger partial charge is 0.396 e. The molecule has 2 N–H and O–H groups in total. The molecule has 0 aliphatic carbocycles. The minimum absolute atomic E-state index is 0.145. The van der Waals surface area contributed by atoms with Crippen LogP contribution >= 0.6 is 15.9 Å². The van der Waals surface area contributed by atoms with E-state index in [1.165, 1.54) is 12.1 Å². The maximum atomic E-state index is 14.5. The Labute approximate surface area is 179 Å². The molecule has 1 fully saturated rings. The van der Waals surface area contributed by atoms with Crippen LogP contribution in [0.1, 0.15) is 41.4 Å². The summed E-state index contributed by atoms with van der Waals surface area (Å²) in [6.07, 6.45) is 5.90. The summed E-state index contributed by atoms with van der Waals surface area (Å²) in [7, 11) is 1.85. The quantitative estimate of drug-likeness (QED) is 0.354. The summed E-state index contributed by atoms with van der Waals surface area (Å²) < 4.78 is 24.4. The smallest absolute Gasteiger partial charge is 0.195 e. The molecule has 0 spiro atoms. The highest BCUT2D eigenvalue weighted by Crippen LogP contribution is 2.34. The van der Waals surface area contributed by atoms with Gasteiger partial charge in [0.25, 0.3) is 0 Å². The average Bonchev–Trinajstić information content (AvgIpc) is 3.37. The Kier molecular flexibility index (Phi) is 4.59. The summed E-state index contributed by atoms with van der Waals surface area (Å²) in [6, 6.07) is 4.43. The van der Waals surface area contributed by atoms with Gasteiger partial charge in [-0.2, -0.15) is 5.10 Å². The number of carbonyl (C=O) groups is 1. The molecule has 0 bridgehead atoms. The van der Waals surface area contributed by atoms with Crippen molar-refractivity contribution in [1.82, 2.24) is 19.3 Å². The lowest BCUT2D eigenvalue weighted by Gasteiger charge is -2.22. The van der Waals surface area contributed by atoms with Gasteiger partial charge < -0.3 is 15.0 Å². The lowest BCUT2D eigenvalue weighted by atomic mass is 9.98. The predicted octanol–water partition coefficient (Wildman–Crippen LogP) is 4.34. The minimum Gasteiger partial charge on any atom is -0.396 e. The predicted molar refractivity (Wildman–Crippen MR) is 115 cm³/mol. The third kappa shape index (κ3) is 2.92. The molecule has 1 aliphatic heterocycles. The zero-order valence-corrected chi connectivity index (χ0v) is 17.8. The molecule has 3 heterocycles. The lowest BCUT2D eigenvalue weighted by Crippen LogP contribution is -2.18. The zero-order valence-electron chi connectivity index (χ0n) is 16.2. The molecule has 0 radical (unpaired) electrons. The van der Waals surface area contributed by atoms with Crippen LogP contribution in [0.15, 0.2) is 35.2 Å². The van der Waals surface area contributed by atoms with Crippen LogP contribution in [0.3, 0.4) is 0 Å².